The van der Waals surface area contributed by atoms with Crippen molar-refractivity contribution < 1.29 is 19.1 Å². The second kappa shape index (κ2) is 8.77. The summed E-state index contributed by atoms with van der Waals surface area (Å²) in [6.45, 7) is 0.897. The molecular formula is C21H23FN2O3. The molecule has 1 heterocycles. The molecule has 2 N–H and O–H groups in total. The Labute approximate surface area is 157 Å². The maximum absolute atomic E-state index is 13.0. The molecule has 142 valence electrons. The molecule has 1 unspecified atom stereocenters. The topological polar surface area (TPSA) is 69.6 Å². The Balaban J connectivity index is 1.59. The summed E-state index contributed by atoms with van der Waals surface area (Å²) in [5.41, 5.74) is 2.11. The van der Waals surface area contributed by atoms with Gasteiger partial charge in [-0.3, -0.25) is 9.59 Å². The van der Waals surface area contributed by atoms with Crippen LogP contribution < -0.4 is 10.2 Å². The van der Waals surface area contributed by atoms with Crippen LogP contribution in [0.5, 0.6) is 0 Å². The zero-order valence-electron chi connectivity index (χ0n) is 15.0. The maximum Gasteiger partial charge on any atom is 0.251 e. The zero-order valence-corrected chi connectivity index (χ0v) is 15.0. The number of aliphatic hydroxyl groups is 1. The van der Waals surface area contributed by atoms with Crippen molar-refractivity contribution in [2.24, 2.45) is 5.92 Å². The minimum absolute atomic E-state index is 0.0761. The number of carbonyl (C=O) groups is 2. The van der Waals surface area contributed by atoms with Crippen LogP contribution in [-0.4, -0.2) is 36.6 Å². The van der Waals surface area contributed by atoms with Crippen molar-refractivity contribution in [2.45, 2.75) is 19.3 Å². The van der Waals surface area contributed by atoms with Gasteiger partial charge in [-0.1, -0.05) is 18.2 Å². The highest BCUT2D eigenvalue weighted by molar-refractivity contribution is 5.99. The van der Waals surface area contributed by atoms with E-state index in [1.54, 1.807) is 35.2 Å². The van der Waals surface area contributed by atoms with E-state index in [0.29, 0.717) is 31.5 Å². The minimum Gasteiger partial charge on any atom is -0.396 e. The van der Waals surface area contributed by atoms with E-state index in [1.165, 1.54) is 12.1 Å². The molecule has 2 aromatic carbocycles. The van der Waals surface area contributed by atoms with Gasteiger partial charge in [0.1, 0.15) is 5.82 Å². The van der Waals surface area contributed by atoms with E-state index < -0.39 is 0 Å². The van der Waals surface area contributed by atoms with Gasteiger partial charge in [-0.2, -0.15) is 0 Å². The smallest absolute Gasteiger partial charge is 0.251 e. The van der Waals surface area contributed by atoms with Crippen LogP contribution in [0.1, 0.15) is 28.8 Å². The third-order valence-corrected chi connectivity index (χ3v) is 4.74. The summed E-state index contributed by atoms with van der Waals surface area (Å²) < 4.78 is 13.0. The van der Waals surface area contributed by atoms with Crippen molar-refractivity contribution in [1.29, 1.82) is 0 Å². The van der Waals surface area contributed by atoms with Crippen molar-refractivity contribution in [3.8, 4) is 0 Å². The normalized spacial score (nSPS) is 15.0. The zero-order chi connectivity index (χ0) is 19.2. The Morgan fingerprint density at radius 3 is 2.67 bits per heavy atom. The molecule has 1 saturated heterocycles. The fourth-order valence-electron chi connectivity index (χ4n) is 3.23. The van der Waals surface area contributed by atoms with E-state index >= 15 is 0 Å². The first kappa shape index (κ1) is 19.0. The van der Waals surface area contributed by atoms with Crippen molar-refractivity contribution in [1.82, 2.24) is 5.32 Å². The predicted molar refractivity (Wildman–Crippen MR) is 101 cm³/mol. The first-order valence-corrected chi connectivity index (χ1v) is 9.11. The first-order chi connectivity index (χ1) is 13.1. The van der Waals surface area contributed by atoms with Gasteiger partial charge in [-0.25, -0.2) is 4.39 Å². The molecule has 1 aliphatic rings. The molecule has 6 heteroatoms. The number of benzene rings is 2. The average molecular weight is 370 g/mol. The molecule has 0 aliphatic carbocycles. The van der Waals surface area contributed by atoms with Crippen molar-refractivity contribution in [3.63, 3.8) is 0 Å². The Morgan fingerprint density at radius 2 is 2.00 bits per heavy atom. The number of hydrogen-bond donors (Lipinski definition) is 2. The van der Waals surface area contributed by atoms with E-state index in [4.69, 9.17) is 0 Å². The molecule has 3 rings (SSSR count). The van der Waals surface area contributed by atoms with E-state index in [0.717, 1.165) is 17.7 Å². The van der Waals surface area contributed by atoms with Crippen LogP contribution in [0.2, 0.25) is 0 Å². The lowest BCUT2D eigenvalue weighted by atomic mass is 10.00. The Morgan fingerprint density at radius 1 is 1.22 bits per heavy atom. The molecule has 1 fully saturated rings. The molecule has 0 bridgehead atoms. The number of hydrogen-bond acceptors (Lipinski definition) is 3. The van der Waals surface area contributed by atoms with Gasteiger partial charge in [-0.05, 0) is 48.7 Å². The molecule has 0 aromatic heterocycles. The number of nitrogens with zero attached hydrogens (tertiary/aromatic N) is 1. The lowest BCUT2D eigenvalue weighted by Crippen LogP contribution is -2.32. The van der Waals surface area contributed by atoms with E-state index in [-0.39, 0.29) is 30.2 Å². The van der Waals surface area contributed by atoms with Gasteiger partial charge in [0.25, 0.3) is 5.91 Å². The quantitative estimate of drug-likeness (QED) is 0.787. The second-order valence-corrected chi connectivity index (χ2v) is 6.79. The minimum atomic E-state index is -0.302. The number of carbonyl (C=O) groups excluding carboxylic acids is 2. The second-order valence-electron chi connectivity index (χ2n) is 6.79. The first-order valence-electron chi connectivity index (χ1n) is 9.11. The summed E-state index contributed by atoms with van der Waals surface area (Å²) in [5, 5.41) is 12.4. The third kappa shape index (κ3) is 4.92. The molecule has 2 amide bonds. The summed E-state index contributed by atoms with van der Waals surface area (Å²) in [5.74, 6) is -0.639. The lowest BCUT2D eigenvalue weighted by molar-refractivity contribution is -0.117. The number of nitrogens with one attached hydrogen (secondary N) is 1. The molecule has 5 nitrogen and oxygen atoms in total. The molecule has 0 radical (unpaired) electrons. The van der Waals surface area contributed by atoms with Gasteiger partial charge in [0, 0.05) is 43.3 Å². The predicted octanol–water partition coefficient (Wildman–Crippen LogP) is 2.53. The number of halogens is 1. The van der Waals surface area contributed by atoms with Crippen LogP contribution in [0.3, 0.4) is 0 Å². The van der Waals surface area contributed by atoms with Crippen molar-refractivity contribution >= 4 is 17.5 Å². The SMILES string of the molecule is O=C(NCC(CO)Cc1ccc(F)cc1)c1cccc(N2CCCC2=O)c1. The van der Waals surface area contributed by atoms with Crippen LogP contribution in [0.4, 0.5) is 10.1 Å². The van der Waals surface area contributed by atoms with Gasteiger partial charge in [-0.15, -0.1) is 0 Å². The van der Waals surface area contributed by atoms with Gasteiger partial charge < -0.3 is 15.3 Å². The number of amides is 2. The fraction of sp³-hybridized carbons (Fsp3) is 0.333. The Bertz CT molecular complexity index is 807. The third-order valence-electron chi connectivity index (χ3n) is 4.74. The van der Waals surface area contributed by atoms with Crippen LogP contribution >= 0.6 is 0 Å². The standard InChI is InChI=1S/C21H23FN2O3/c22-18-8-6-15(7-9-18)11-16(14-25)13-23-21(27)17-3-1-4-19(12-17)24-10-2-5-20(24)26/h1,3-4,6-9,12,16,25H,2,5,10-11,13-14H2,(H,23,27). The molecular weight excluding hydrogens is 347 g/mol. The van der Waals surface area contributed by atoms with Crippen LogP contribution in [0, 0.1) is 11.7 Å². The molecule has 1 aliphatic heterocycles. The van der Waals surface area contributed by atoms with Crippen molar-refractivity contribution in [3.05, 3.63) is 65.5 Å². The molecule has 1 atom stereocenters. The summed E-state index contributed by atoms with van der Waals surface area (Å²) >= 11 is 0. The van der Waals surface area contributed by atoms with E-state index in [9.17, 15) is 19.1 Å². The highest BCUT2D eigenvalue weighted by atomic mass is 19.1. The maximum atomic E-state index is 13.0. The molecule has 27 heavy (non-hydrogen) atoms. The molecule has 0 saturated carbocycles. The summed E-state index contributed by atoms with van der Waals surface area (Å²) in [6, 6.07) is 13.1. The van der Waals surface area contributed by atoms with E-state index in [2.05, 4.69) is 5.32 Å². The average Bonchev–Trinajstić information content (AvgIpc) is 3.12. The Hall–Kier alpha value is -2.73. The van der Waals surface area contributed by atoms with Gasteiger partial charge in [0.05, 0.1) is 0 Å². The number of aliphatic hydroxyl groups excluding tert-OH is 1. The Kier molecular flexibility index (Phi) is 6.19. The van der Waals surface area contributed by atoms with Crippen molar-refractivity contribution in [2.75, 3.05) is 24.6 Å². The highest BCUT2D eigenvalue weighted by Gasteiger charge is 2.22. The van der Waals surface area contributed by atoms with Crippen LogP contribution in [0.25, 0.3) is 0 Å². The molecule has 0 spiro atoms. The lowest BCUT2D eigenvalue weighted by Gasteiger charge is -2.18. The number of rotatable bonds is 7. The summed E-state index contributed by atoms with van der Waals surface area (Å²) in [6.07, 6.45) is 1.91. The summed E-state index contributed by atoms with van der Waals surface area (Å²) in [4.78, 5) is 26.0. The van der Waals surface area contributed by atoms with Crippen LogP contribution in [-0.2, 0) is 11.2 Å². The monoisotopic (exact) mass is 370 g/mol. The largest absolute Gasteiger partial charge is 0.396 e. The highest BCUT2D eigenvalue weighted by Crippen LogP contribution is 2.22. The number of anilines is 1. The van der Waals surface area contributed by atoms with Crippen LogP contribution in [0.15, 0.2) is 48.5 Å². The van der Waals surface area contributed by atoms with E-state index in [1.807, 2.05) is 6.07 Å². The molecule has 2 aromatic rings. The summed E-state index contributed by atoms with van der Waals surface area (Å²) in [7, 11) is 0. The van der Waals surface area contributed by atoms with Gasteiger partial charge in [0.15, 0.2) is 0 Å². The van der Waals surface area contributed by atoms with Gasteiger partial charge >= 0.3 is 0 Å². The fourth-order valence-corrected chi connectivity index (χ4v) is 3.23. The van der Waals surface area contributed by atoms with Gasteiger partial charge in [0.2, 0.25) is 5.91 Å².